The summed E-state index contributed by atoms with van der Waals surface area (Å²) < 4.78 is 0. The average molecular weight is 191 g/mol. The third kappa shape index (κ3) is 1.90. The molecule has 0 aliphatic carbocycles. The van der Waals surface area contributed by atoms with Crippen molar-refractivity contribution in [1.29, 1.82) is 0 Å². The van der Waals surface area contributed by atoms with Gasteiger partial charge in [0.15, 0.2) is 0 Å². The summed E-state index contributed by atoms with van der Waals surface area (Å²) in [7, 11) is 0. The van der Waals surface area contributed by atoms with E-state index in [1.807, 2.05) is 19.1 Å². The maximum absolute atomic E-state index is 11.5. The van der Waals surface area contributed by atoms with Gasteiger partial charge < -0.3 is 10.6 Å². The topological polar surface area (TPSA) is 54.0 Å². The molecule has 1 aromatic rings. The van der Waals surface area contributed by atoms with Crippen LogP contribution in [0.5, 0.6) is 0 Å². The maximum atomic E-state index is 11.5. The van der Waals surface area contributed by atoms with Crippen molar-refractivity contribution in [3.63, 3.8) is 0 Å². The normalized spacial score (nSPS) is 19.9. The molecule has 2 rings (SSSR count). The van der Waals surface area contributed by atoms with Crippen LogP contribution in [0.1, 0.15) is 12.0 Å². The molecule has 0 unspecified atom stereocenters. The molecule has 14 heavy (non-hydrogen) atoms. The number of amides is 1. The van der Waals surface area contributed by atoms with Crippen molar-refractivity contribution in [1.82, 2.24) is 10.3 Å². The van der Waals surface area contributed by atoms with Crippen LogP contribution in [0.25, 0.3) is 0 Å². The lowest BCUT2D eigenvalue weighted by atomic mass is 10.1. The second-order valence-corrected chi connectivity index (χ2v) is 3.50. The van der Waals surface area contributed by atoms with E-state index in [1.165, 1.54) is 0 Å². The Hall–Kier alpha value is -1.42. The van der Waals surface area contributed by atoms with E-state index in [0.29, 0.717) is 5.82 Å². The Bertz CT molecular complexity index is 347. The number of hydrogen-bond acceptors (Lipinski definition) is 3. The van der Waals surface area contributed by atoms with Gasteiger partial charge in [0.1, 0.15) is 5.82 Å². The molecule has 1 fully saturated rings. The van der Waals surface area contributed by atoms with Crippen LogP contribution >= 0.6 is 0 Å². The minimum atomic E-state index is -0.0303. The molecule has 0 aromatic carbocycles. The number of nitrogens with one attached hydrogen (secondary N) is 2. The third-order valence-corrected chi connectivity index (χ3v) is 2.31. The van der Waals surface area contributed by atoms with Crippen molar-refractivity contribution in [2.75, 3.05) is 11.9 Å². The van der Waals surface area contributed by atoms with E-state index in [1.54, 1.807) is 6.20 Å². The van der Waals surface area contributed by atoms with Gasteiger partial charge in [0.05, 0.1) is 6.04 Å². The SMILES string of the molecule is Cc1ccnc(NC(=O)[C@@H]2CCN2)c1. The fourth-order valence-corrected chi connectivity index (χ4v) is 1.33. The average Bonchev–Trinajstić information content (AvgIpc) is 1.99. The summed E-state index contributed by atoms with van der Waals surface area (Å²) in [5, 5.41) is 5.81. The van der Waals surface area contributed by atoms with E-state index in [4.69, 9.17) is 0 Å². The molecule has 0 radical (unpaired) electrons. The number of aromatic nitrogens is 1. The number of rotatable bonds is 2. The van der Waals surface area contributed by atoms with Crippen molar-refractivity contribution in [2.45, 2.75) is 19.4 Å². The molecular formula is C10H13N3O. The number of hydrogen-bond donors (Lipinski definition) is 2. The highest BCUT2D eigenvalue weighted by Gasteiger charge is 2.24. The predicted molar refractivity (Wildman–Crippen MR) is 54.0 cm³/mol. The van der Waals surface area contributed by atoms with Crippen molar-refractivity contribution < 1.29 is 4.79 Å². The monoisotopic (exact) mass is 191 g/mol. The van der Waals surface area contributed by atoms with Crippen LogP contribution in [0.3, 0.4) is 0 Å². The standard InChI is InChI=1S/C10H13N3O/c1-7-2-4-12-9(6-7)13-10(14)8-3-5-11-8/h2,4,6,8,11H,3,5H2,1H3,(H,12,13,14)/t8-/m0/s1. The number of carbonyl (C=O) groups is 1. The molecule has 1 aromatic heterocycles. The molecule has 2 heterocycles. The second-order valence-electron chi connectivity index (χ2n) is 3.50. The first kappa shape index (κ1) is 9.15. The fraction of sp³-hybridized carbons (Fsp3) is 0.400. The van der Waals surface area contributed by atoms with E-state index in [2.05, 4.69) is 15.6 Å². The van der Waals surface area contributed by atoms with Crippen LogP contribution in [0, 0.1) is 6.92 Å². The second kappa shape index (κ2) is 3.75. The summed E-state index contributed by atoms with van der Waals surface area (Å²) in [6.45, 7) is 2.90. The largest absolute Gasteiger partial charge is 0.309 e. The molecule has 1 saturated heterocycles. The Morgan fingerprint density at radius 3 is 3.07 bits per heavy atom. The Kier molecular flexibility index (Phi) is 2.45. The Morgan fingerprint density at radius 2 is 2.50 bits per heavy atom. The van der Waals surface area contributed by atoms with Crippen LogP contribution in [0.15, 0.2) is 18.3 Å². The van der Waals surface area contributed by atoms with Crippen molar-refractivity contribution in [2.24, 2.45) is 0 Å². The first-order chi connectivity index (χ1) is 6.75. The summed E-state index contributed by atoms with van der Waals surface area (Å²) in [6.07, 6.45) is 2.61. The van der Waals surface area contributed by atoms with Gasteiger partial charge in [0.25, 0.3) is 0 Å². The van der Waals surface area contributed by atoms with Gasteiger partial charge in [-0.15, -0.1) is 0 Å². The zero-order chi connectivity index (χ0) is 9.97. The highest BCUT2D eigenvalue weighted by atomic mass is 16.2. The summed E-state index contributed by atoms with van der Waals surface area (Å²) in [6, 6.07) is 3.73. The molecule has 1 aliphatic heterocycles. The highest BCUT2D eigenvalue weighted by Crippen LogP contribution is 2.08. The van der Waals surface area contributed by atoms with Crippen LogP contribution in [0.2, 0.25) is 0 Å². The Morgan fingerprint density at radius 1 is 1.71 bits per heavy atom. The number of anilines is 1. The van der Waals surface area contributed by atoms with Crippen molar-refractivity contribution >= 4 is 11.7 Å². The summed E-state index contributed by atoms with van der Waals surface area (Å²) in [5.41, 5.74) is 1.09. The molecule has 0 saturated carbocycles. The molecule has 4 heteroatoms. The molecule has 4 nitrogen and oxygen atoms in total. The van der Waals surface area contributed by atoms with Crippen LogP contribution in [0.4, 0.5) is 5.82 Å². The van der Waals surface area contributed by atoms with Crippen LogP contribution < -0.4 is 10.6 Å². The van der Waals surface area contributed by atoms with Crippen LogP contribution in [-0.2, 0) is 4.79 Å². The van der Waals surface area contributed by atoms with E-state index in [0.717, 1.165) is 18.5 Å². The summed E-state index contributed by atoms with van der Waals surface area (Å²) in [4.78, 5) is 15.6. The van der Waals surface area contributed by atoms with Gasteiger partial charge in [-0.3, -0.25) is 4.79 Å². The first-order valence-electron chi connectivity index (χ1n) is 4.72. The lowest BCUT2D eigenvalue weighted by Gasteiger charge is -2.25. The van der Waals surface area contributed by atoms with Crippen LogP contribution in [-0.4, -0.2) is 23.5 Å². The van der Waals surface area contributed by atoms with Crippen molar-refractivity contribution in [3.8, 4) is 0 Å². The molecule has 74 valence electrons. The zero-order valence-corrected chi connectivity index (χ0v) is 8.08. The molecule has 0 spiro atoms. The Balaban J connectivity index is 1.99. The lowest BCUT2D eigenvalue weighted by molar-refractivity contribution is -0.119. The zero-order valence-electron chi connectivity index (χ0n) is 8.08. The van der Waals surface area contributed by atoms with Gasteiger partial charge >= 0.3 is 0 Å². The first-order valence-corrected chi connectivity index (χ1v) is 4.72. The van der Waals surface area contributed by atoms with Gasteiger partial charge in [-0.1, -0.05) is 0 Å². The minimum Gasteiger partial charge on any atom is -0.309 e. The molecule has 1 atom stereocenters. The molecule has 2 N–H and O–H groups in total. The number of carbonyl (C=O) groups excluding carboxylic acids is 1. The predicted octanol–water partition coefficient (Wildman–Crippen LogP) is 0.690. The van der Waals surface area contributed by atoms with Crippen molar-refractivity contribution in [3.05, 3.63) is 23.9 Å². The van der Waals surface area contributed by atoms with Gasteiger partial charge in [-0.05, 0) is 37.6 Å². The maximum Gasteiger partial charge on any atom is 0.242 e. The molecular weight excluding hydrogens is 178 g/mol. The van der Waals surface area contributed by atoms with Gasteiger partial charge in [0.2, 0.25) is 5.91 Å². The van der Waals surface area contributed by atoms with Gasteiger partial charge in [0, 0.05) is 6.20 Å². The molecule has 1 aliphatic rings. The summed E-state index contributed by atoms with van der Waals surface area (Å²) >= 11 is 0. The smallest absolute Gasteiger partial charge is 0.242 e. The van der Waals surface area contributed by atoms with E-state index in [-0.39, 0.29) is 11.9 Å². The van der Waals surface area contributed by atoms with E-state index >= 15 is 0 Å². The number of aryl methyl sites for hydroxylation is 1. The van der Waals surface area contributed by atoms with E-state index in [9.17, 15) is 4.79 Å². The van der Waals surface area contributed by atoms with E-state index < -0.39 is 0 Å². The fourth-order valence-electron chi connectivity index (χ4n) is 1.33. The lowest BCUT2D eigenvalue weighted by Crippen LogP contribution is -2.50. The Labute approximate surface area is 82.7 Å². The summed E-state index contributed by atoms with van der Waals surface area (Å²) in [5.74, 6) is 0.637. The number of nitrogens with zero attached hydrogens (tertiary/aromatic N) is 1. The van der Waals surface area contributed by atoms with Gasteiger partial charge in [-0.25, -0.2) is 4.98 Å². The highest BCUT2D eigenvalue weighted by molar-refractivity contribution is 5.94. The molecule has 1 amide bonds. The molecule has 0 bridgehead atoms. The quantitative estimate of drug-likeness (QED) is 0.723. The third-order valence-electron chi connectivity index (χ3n) is 2.31. The number of pyridine rings is 1. The van der Waals surface area contributed by atoms with Gasteiger partial charge in [-0.2, -0.15) is 0 Å². The minimum absolute atomic E-state index is 0.00866.